The second-order valence-corrected chi connectivity index (χ2v) is 4.55. The zero-order chi connectivity index (χ0) is 14.6. The predicted molar refractivity (Wildman–Crippen MR) is 63.5 cm³/mol. The van der Waals surface area contributed by atoms with Crippen molar-refractivity contribution in [1.29, 1.82) is 0 Å². The fourth-order valence-corrected chi connectivity index (χ4v) is 1.59. The summed E-state index contributed by atoms with van der Waals surface area (Å²) in [4.78, 5) is 12.8. The minimum atomic E-state index is -4.37. The summed E-state index contributed by atoms with van der Waals surface area (Å²) >= 11 is 0. The summed E-state index contributed by atoms with van der Waals surface area (Å²) in [5.74, 6) is -1.12. The van der Waals surface area contributed by atoms with Gasteiger partial charge >= 0.3 is 6.18 Å². The Labute approximate surface area is 109 Å². The minimum Gasteiger partial charge on any atom is -0.293 e. The molecule has 0 spiro atoms. The standard InChI is InChI=1S/C13H15F4NO/c1-9(2)18(8-13(15,16)17)7-12(19)10-4-3-5-11(14)6-10/h3-6,9H,7-8H2,1-2H3. The van der Waals surface area contributed by atoms with Gasteiger partial charge in [-0.1, -0.05) is 12.1 Å². The number of rotatable bonds is 5. The molecular formula is C13H15F4NO. The number of Topliss-reactive ketones (excluding diaryl/α,β-unsaturated/α-hetero) is 1. The topological polar surface area (TPSA) is 20.3 Å². The molecule has 0 aliphatic rings. The van der Waals surface area contributed by atoms with Gasteiger partial charge in [0.2, 0.25) is 0 Å². The molecule has 0 atom stereocenters. The Morgan fingerprint density at radius 2 is 1.95 bits per heavy atom. The van der Waals surface area contributed by atoms with Gasteiger partial charge in [0.05, 0.1) is 13.1 Å². The quantitative estimate of drug-likeness (QED) is 0.608. The van der Waals surface area contributed by atoms with E-state index < -0.39 is 30.4 Å². The molecule has 0 aliphatic heterocycles. The Balaban J connectivity index is 2.77. The van der Waals surface area contributed by atoms with E-state index in [0.29, 0.717) is 0 Å². The van der Waals surface area contributed by atoms with Crippen molar-refractivity contribution < 1.29 is 22.4 Å². The third-order valence-electron chi connectivity index (χ3n) is 2.61. The molecule has 0 unspecified atom stereocenters. The molecule has 2 nitrogen and oxygen atoms in total. The van der Waals surface area contributed by atoms with Crippen LogP contribution < -0.4 is 0 Å². The molecule has 0 aromatic heterocycles. The van der Waals surface area contributed by atoms with Gasteiger partial charge in [-0.15, -0.1) is 0 Å². The van der Waals surface area contributed by atoms with Crippen molar-refractivity contribution in [2.45, 2.75) is 26.1 Å². The van der Waals surface area contributed by atoms with Crippen LogP contribution in [0.2, 0.25) is 0 Å². The largest absolute Gasteiger partial charge is 0.401 e. The highest BCUT2D eigenvalue weighted by atomic mass is 19.4. The van der Waals surface area contributed by atoms with Crippen molar-refractivity contribution >= 4 is 5.78 Å². The molecular weight excluding hydrogens is 262 g/mol. The molecule has 0 amide bonds. The highest BCUT2D eigenvalue weighted by molar-refractivity contribution is 5.97. The van der Waals surface area contributed by atoms with Crippen LogP contribution in [0, 0.1) is 5.82 Å². The summed E-state index contributed by atoms with van der Waals surface area (Å²) in [6, 6.07) is 4.50. The van der Waals surface area contributed by atoms with E-state index in [-0.39, 0.29) is 12.1 Å². The van der Waals surface area contributed by atoms with Crippen LogP contribution in [0.15, 0.2) is 24.3 Å². The van der Waals surface area contributed by atoms with E-state index in [4.69, 9.17) is 0 Å². The van der Waals surface area contributed by atoms with Crippen LogP contribution in [0.5, 0.6) is 0 Å². The van der Waals surface area contributed by atoms with Crippen molar-refractivity contribution in [2.24, 2.45) is 0 Å². The van der Waals surface area contributed by atoms with Crippen LogP contribution in [0.3, 0.4) is 0 Å². The monoisotopic (exact) mass is 277 g/mol. The molecule has 106 valence electrons. The molecule has 19 heavy (non-hydrogen) atoms. The Bertz CT molecular complexity index is 443. The average Bonchev–Trinajstić information content (AvgIpc) is 2.26. The van der Waals surface area contributed by atoms with Gasteiger partial charge in [0.25, 0.3) is 0 Å². The molecule has 0 bridgehead atoms. The average molecular weight is 277 g/mol. The maximum atomic E-state index is 12.9. The first-order valence-electron chi connectivity index (χ1n) is 5.78. The number of nitrogens with zero attached hydrogens (tertiary/aromatic N) is 1. The molecule has 6 heteroatoms. The second kappa shape index (κ2) is 6.14. The Morgan fingerprint density at radius 1 is 1.32 bits per heavy atom. The van der Waals surface area contributed by atoms with E-state index in [1.165, 1.54) is 18.2 Å². The van der Waals surface area contributed by atoms with E-state index in [1.807, 2.05) is 0 Å². The normalized spacial score (nSPS) is 12.2. The number of halogens is 4. The summed E-state index contributed by atoms with van der Waals surface area (Å²) in [5.41, 5.74) is 0.0767. The summed E-state index contributed by atoms with van der Waals surface area (Å²) < 4.78 is 50.1. The number of carbonyl (C=O) groups is 1. The van der Waals surface area contributed by atoms with E-state index in [9.17, 15) is 22.4 Å². The third kappa shape index (κ3) is 5.38. The van der Waals surface area contributed by atoms with Crippen LogP contribution in [-0.4, -0.2) is 36.0 Å². The van der Waals surface area contributed by atoms with Crippen LogP contribution in [0.25, 0.3) is 0 Å². The van der Waals surface area contributed by atoms with Crippen LogP contribution >= 0.6 is 0 Å². The number of benzene rings is 1. The van der Waals surface area contributed by atoms with Gasteiger partial charge in [-0.2, -0.15) is 13.2 Å². The van der Waals surface area contributed by atoms with Gasteiger partial charge in [-0.3, -0.25) is 9.69 Å². The molecule has 1 aromatic carbocycles. The first kappa shape index (κ1) is 15.6. The van der Waals surface area contributed by atoms with Gasteiger partial charge in [0.15, 0.2) is 5.78 Å². The Hall–Kier alpha value is -1.43. The van der Waals surface area contributed by atoms with Crippen molar-refractivity contribution in [2.75, 3.05) is 13.1 Å². The molecule has 0 saturated heterocycles. The van der Waals surface area contributed by atoms with E-state index >= 15 is 0 Å². The van der Waals surface area contributed by atoms with Crippen molar-refractivity contribution in [1.82, 2.24) is 4.90 Å². The SMILES string of the molecule is CC(C)N(CC(=O)c1cccc(F)c1)CC(F)(F)F. The molecule has 0 N–H and O–H groups in total. The van der Waals surface area contributed by atoms with E-state index in [1.54, 1.807) is 13.8 Å². The minimum absolute atomic E-state index is 0.0767. The number of carbonyl (C=O) groups excluding carboxylic acids is 1. The van der Waals surface area contributed by atoms with E-state index in [0.717, 1.165) is 11.0 Å². The summed E-state index contributed by atoms with van der Waals surface area (Å²) in [7, 11) is 0. The zero-order valence-corrected chi connectivity index (χ0v) is 10.7. The third-order valence-corrected chi connectivity index (χ3v) is 2.61. The molecule has 1 rings (SSSR count). The fraction of sp³-hybridized carbons (Fsp3) is 0.462. The lowest BCUT2D eigenvalue weighted by atomic mass is 10.1. The smallest absolute Gasteiger partial charge is 0.293 e. The molecule has 1 aromatic rings. The van der Waals surface area contributed by atoms with Crippen molar-refractivity contribution in [3.63, 3.8) is 0 Å². The van der Waals surface area contributed by atoms with Gasteiger partial charge in [0, 0.05) is 11.6 Å². The first-order chi connectivity index (χ1) is 8.69. The lowest BCUT2D eigenvalue weighted by Gasteiger charge is -2.26. The van der Waals surface area contributed by atoms with Gasteiger partial charge < -0.3 is 0 Å². The molecule has 0 radical (unpaired) electrons. The van der Waals surface area contributed by atoms with Crippen LogP contribution in [-0.2, 0) is 0 Å². The predicted octanol–water partition coefficient (Wildman–Crippen LogP) is 3.28. The molecule has 0 aliphatic carbocycles. The summed E-state index contributed by atoms with van der Waals surface area (Å²) in [6.07, 6.45) is -4.37. The van der Waals surface area contributed by atoms with Crippen LogP contribution in [0.1, 0.15) is 24.2 Å². The zero-order valence-electron chi connectivity index (χ0n) is 10.7. The highest BCUT2D eigenvalue weighted by Crippen LogP contribution is 2.18. The van der Waals surface area contributed by atoms with Crippen molar-refractivity contribution in [3.8, 4) is 0 Å². The fourth-order valence-electron chi connectivity index (χ4n) is 1.59. The molecule has 0 heterocycles. The number of hydrogen-bond acceptors (Lipinski definition) is 2. The Kier molecular flexibility index (Phi) is 5.05. The van der Waals surface area contributed by atoms with Gasteiger partial charge in [0.1, 0.15) is 5.82 Å². The summed E-state index contributed by atoms with van der Waals surface area (Å²) in [6.45, 7) is 1.60. The highest BCUT2D eigenvalue weighted by Gasteiger charge is 2.32. The number of hydrogen-bond donors (Lipinski definition) is 0. The molecule has 0 fully saturated rings. The lowest BCUT2D eigenvalue weighted by molar-refractivity contribution is -0.148. The summed E-state index contributed by atoms with van der Waals surface area (Å²) in [5, 5.41) is 0. The Morgan fingerprint density at radius 3 is 2.42 bits per heavy atom. The van der Waals surface area contributed by atoms with E-state index in [2.05, 4.69) is 0 Å². The molecule has 0 saturated carbocycles. The maximum absolute atomic E-state index is 12.9. The van der Waals surface area contributed by atoms with Gasteiger partial charge in [-0.25, -0.2) is 4.39 Å². The maximum Gasteiger partial charge on any atom is 0.401 e. The van der Waals surface area contributed by atoms with Crippen molar-refractivity contribution in [3.05, 3.63) is 35.6 Å². The first-order valence-corrected chi connectivity index (χ1v) is 5.78. The second-order valence-electron chi connectivity index (χ2n) is 4.55. The lowest BCUT2D eigenvalue weighted by Crippen LogP contribution is -2.42. The van der Waals surface area contributed by atoms with Crippen LogP contribution in [0.4, 0.5) is 17.6 Å². The van der Waals surface area contributed by atoms with Gasteiger partial charge in [-0.05, 0) is 26.0 Å². The number of ketones is 1. The number of alkyl halides is 3.